The van der Waals surface area contributed by atoms with Crippen LogP contribution in [0.25, 0.3) is 22.2 Å². The topological polar surface area (TPSA) is 186 Å². The van der Waals surface area contributed by atoms with E-state index in [0.29, 0.717) is 30.7 Å². The van der Waals surface area contributed by atoms with E-state index in [0.717, 1.165) is 54.3 Å². The summed E-state index contributed by atoms with van der Waals surface area (Å²) in [4.78, 5) is 67.8. The maximum absolute atomic E-state index is 14.8. The number of alkyl carbamates (subject to hydrolysis) is 1. The number of rotatable bonds is 7. The number of para-hydroxylation sites is 1. The number of hydrogen-bond acceptors (Lipinski definition) is 10. The minimum atomic E-state index is -3.99. The number of nitrogens with one attached hydrogen (secondary N) is 3. The van der Waals surface area contributed by atoms with Crippen LogP contribution in [0.5, 0.6) is 5.88 Å². The number of fused-ring (bicyclic) bond motifs is 5. The van der Waals surface area contributed by atoms with E-state index in [4.69, 9.17) is 19.4 Å². The number of amides is 4. The van der Waals surface area contributed by atoms with Gasteiger partial charge in [0, 0.05) is 6.20 Å². The van der Waals surface area contributed by atoms with Gasteiger partial charge < -0.3 is 0 Å². The number of hydrogen-bond donors (Lipinski definition) is 3. The summed E-state index contributed by atoms with van der Waals surface area (Å²) in [7, 11) is -3.99. The van der Waals surface area contributed by atoms with Gasteiger partial charge in [-0.2, -0.15) is 0 Å². The maximum atomic E-state index is 14.8. The van der Waals surface area contributed by atoms with Crippen molar-refractivity contribution in [2.24, 2.45) is 11.3 Å². The van der Waals surface area contributed by atoms with Gasteiger partial charge in [-0.1, -0.05) is 18.6 Å². The Balaban J connectivity index is 1.17. The number of halogens is 1. The van der Waals surface area contributed by atoms with Crippen molar-refractivity contribution in [1.29, 1.82) is 0 Å². The molecule has 2 aliphatic carbocycles. The van der Waals surface area contributed by atoms with Crippen LogP contribution in [0.4, 0.5) is 4.79 Å². The molecule has 5 heterocycles. The van der Waals surface area contributed by atoms with Crippen LogP contribution >= 0.6 is 0 Å². The molecule has 59 heavy (non-hydrogen) atoms. The zero-order chi connectivity index (χ0) is 41.9. The van der Waals surface area contributed by atoms with Crippen molar-refractivity contribution in [1.82, 2.24) is 30.2 Å². The Hall–Kier alpha value is -4.32. The second-order valence-corrected chi connectivity index (χ2v) is 23.7. The Morgan fingerprint density at radius 2 is 1.81 bits per heavy atom. The first-order valence-corrected chi connectivity index (χ1v) is 24.3. The molecule has 2 saturated carbocycles. The van der Waals surface area contributed by atoms with E-state index < -0.39 is 90.9 Å². The van der Waals surface area contributed by atoms with Crippen molar-refractivity contribution in [3.05, 3.63) is 66.9 Å². The fourth-order valence-corrected chi connectivity index (χ4v) is 12.4. The molecule has 4 amide bonds. The first-order chi connectivity index (χ1) is 28.0. The summed E-state index contributed by atoms with van der Waals surface area (Å²) in [6.45, 7) is 10.9. The molecule has 2 unspecified atom stereocenters. The van der Waals surface area contributed by atoms with Gasteiger partial charge in [-0.15, -0.1) is 0 Å². The second-order valence-electron chi connectivity index (χ2n) is 17.8. The molecule has 2 aromatic heterocycles. The third-order valence-corrected chi connectivity index (χ3v) is 18.3. The van der Waals surface area contributed by atoms with E-state index in [1.54, 1.807) is 19.2 Å². The summed E-state index contributed by atoms with van der Waals surface area (Å²) in [5, 5.41) is 6.67. The molecule has 16 heteroatoms. The van der Waals surface area contributed by atoms with E-state index in [1.807, 2.05) is 63.2 Å². The summed E-state index contributed by atoms with van der Waals surface area (Å²) in [6, 6.07) is 11.4. The van der Waals surface area contributed by atoms with Gasteiger partial charge in [0.2, 0.25) is 0 Å². The molecule has 14 nitrogen and oxygen atoms in total. The number of nitrogens with zero attached hydrogens (tertiary/aromatic N) is 3. The van der Waals surface area contributed by atoms with E-state index in [1.165, 1.54) is 4.90 Å². The van der Waals surface area contributed by atoms with Crippen molar-refractivity contribution >= 4 is 44.7 Å². The molecule has 7 atom stereocenters. The Kier molecular flexibility index (Phi) is 11.0. The fourth-order valence-electron chi connectivity index (χ4n) is 8.27. The number of aromatic nitrogens is 2. The van der Waals surface area contributed by atoms with Crippen molar-refractivity contribution in [3.8, 4) is 17.1 Å². The van der Waals surface area contributed by atoms with Gasteiger partial charge in [0.25, 0.3) is 0 Å². The molecule has 2 bridgehead atoms. The van der Waals surface area contributed by atoms with Crippen LogP contribution in [0.2, 0.25) is 0 Å². The summed E-state index contributed by atoms with van der Waals surface area (Å²) in [5.41, 5.74) is 2.50. The monoisotopic (exact) mass is 939 g/mol. The van der Waals surface area contributed by atoms with Crippen LogP contribution in [-0.4, -0.2) is 90.2 Å². The second kappa shape index (κ2) is 15.6. The average molecular weight is 940 g/mol. The zero-order valence-electron chi connectivity index (χ0n) is 33.8. The SMILES string of the molecule is C=CC1[I-]C1(NC(=O)[C@@H]1C[C@@H]2CN1C(=O)[C@H](C(C)(C)C)NC(=O)O[C@@H]1C[C@H]1CCCCCc1c(nc3ccccc3c1-c1ccccn1)O2)C(=O)NS(=O)(=O)C1(C)CC1. The van der Waals surface area contributed by atoms with E-state index in [9.17, 15) is 27.6 Å². The van der Waals surface area contributed by atoms with Gasteiger partial charge in [0.1, 0.15) is 0 Å². The first-order valence-electron chi connectivity index (χ1n) is 20.5. The van der Waals surface area contributed by atoms with Crippen molar-refractivity contribution < 1.29 is 58.3 Å². The Labute approximate surface area is 355 Å². The molecule has 3 N–H and O–H groups in total. The van der Waals surface area contributed by atoms with Crippen LogP contribution in [-0.2, 0) is 35.6 Å². The van der Waals surface area contributed by atoms with E-state index in [-0.39, 0.29) is 25.0 Å². The Morgan fingerprint density at radius 3 is 2.51 bits per heavy atom. The summed E-state index contributed by atoms with van der Waals surface area (Å²) >= 11 is -1.07. The van der Waals surface area contributed by atoms with Crippen LogP contribution in [0, 0.1) is 11.3 Å². The van der Waals surface area contributed by atoms with Crippen LogP contribution < -0.4 is 41.3 Å². The van der Waals surface area contributed by atoms with Crippen LogP contribution in [0.1, 0.15) is 84.6 Å². The van der Waals surface area contributed by atoms with Gasteiger partial charge in [-0.3, -0.25) is 0 Å². The van der Waals surface area contributed by atoms with Crippen molar-refractivity contribution in [3.63, 3.8) is 0 Å². The normalized spacial score (nSPS) is 29.4. The van der Waals surface area contributed by atoms with Gasteiger partial charge >= 0.3 is 320 Å². The number of alkyl halides is 2. The Bertz CT molecular complexity index is 2300. The molecule has 5 aliphatic rings. The van der Waals surface area contributed by atoms with Gasteiger partial charge in [0.15, 0.2) is 0 Å². The van der Waals surface area contributed by atoms with Crippen LogP contribution in [0.3, 0.4) is 0 Å². The molecule has 3 aromatic rings. The minimum absolute atomic E-state index is 0.0241. The third kappa shape index (κ3) is 8.27. The number of carbonyl (C=O) groups excluding carboxylic acids is 4. The molecule has 1 aromatic carbocycles. The number of benzene rings is 1. The van der Waals surface area contributed by atoms with E-state index >= 15 is 0 Å². The molecular formula is C43H52IN6O8S-. The summed E-state index contributed by atoms with van der Waals surface area (Å²) < 4.78 is 38.3. The summed E-state index contributed by atoms with van der Waals surface area (Å²) in [5.74, 6) is -1.28. The molecule has 2 saturated heterocycles. The van der Waals surface area contributed by atoms with Crippen molar-refractivity contribution in [2.45, 2.75) is 122 Å². The number of pyridine rings is 2. The van der Waals surface area contributed by atoms with Crippen molar-refractivity contribution in [2.75, 3.05) is 6.54 Å². The fraction of sp³-hybridized carbons (Fsp3) is 0.535. The number of carbonyl (C=O) groups is 4. The predicted molar refractivity (Wildman–Crippen MR) is 216 cm³/mol. The van der Waals surface area contributed by atoms with E-state index in [2.05, 4.69) is 21.9 Å². The standard InChI is InChI=1S/C43H52IN6O8S/c1-6-33-43(44-33,39(53)49-59(55,56)42(5)19-20-42)48-36(51)31-23-26-24-50(31)38(52)35(41(2,3)4)47-40(54)58-32-22-25(32)14-8-7-9-16-28-34(30-18-12-13-21-45-30)27-15-10-11-17-29(27)46-37(28)57-26/h6,10-13,15,17-18,21,25-26,31-33,35H,1,7-9,14,16,19-20,22-24H2,2-5H3,(H,47,54)(H,48,51)(H,49,53)/q-1/t25-,26-,31+,32-,33?,35-,43?/m1/s1. The molecule has 0 spiro atoms. The van der Waals surface area contributed by atoms with Gasteiger partial charge in [0.05, 0.1) is 0 Å². The first kappa shape index (κ1) is 41.4. The van der Waals surface area contributed by atoms with Gasteiger partial charge in [-0.25, -0.2) is 0 Å². The molecule has 0 radical (unpaired) electrons. The molecule has 4 fully saturated rings. The third-order valence-electron chi connectivity index (χ3n) is 12.3. The number of sulfonamides is 1. The van der Waals surface area contributed by atoms with Gasteiger partial charge in [-0.05, 0) is 12.5 Å². The Morgan fingerprint density at radius 1 is 1.05 bits per heavy atom. The quantitative estimate of drug-likeness (QED) is 0.137. The molecular weight excluding hydrogens is 887 g/mol. The average Bonchev–Trinajstić information content (AvgIpc) is 4.15. The molecule has 316 valence electrons. The van der Waals surface area contributed by atoms with Crippen LogP contribution in [0.15, 0.2) is 61.3 Å². The molecule has 8 rings (SSSR count). The number of ether oxygens (including phenoxy) is 2. The zero-order valence-corrected chi connectivity index (χ0v) is 36.8. The summed E-state index contributed by atoms with van der Waals surface area (Å²) in [6.07, 6.45) is 7.66. The predicted octanol–water partition coefficient (Wildman–Crippen LogP) is 1.76. The molecule has 3 aliphatic heterocycles.